The number of carbonyl (C=O) groups excluding carboxylic acids is 1. The lowest BCUT2D eigenvalue weighted by molar-refractivity contribution is -0.117. The first-order chi connectivity index (χ1) is 5.65. The van der Waals surface area contributed by atoms with Gasteiger partial charge in [0, 0.05) is 11.6 Å². The zero-order valence-electron chi connectivity index (χ0n) is 7.89. The van der Waals surface area contributed by atoms with Gasteiger partial charge in [-0.2, -0.15) is 0 Å². The van der Waals surface area contributed by atoms with Crippen LogP contribution >= 0.6 is 0 Å². The summed E-state index contributed by atoms with van der Waals surface area (Å²) in [6, 6.07) is 0.259. The van der Waals surface area contributed by atoms with E-state index in [1.54, 1.807) is 0 Å². The van der Waals surface area contributed by atoms with Crippen LogP contribution in [0.15, 0.2) is 24.8 Å². The summed E-state index contributed by atoms with van der Waals surface area (Å²) >= 11 is 0. The Labute approximate surface area is 74.4 Å². The van der Waals surface area contributed by atoms with E-state index in [4.69, 9.17) is 0 Å². The standard InChI is InChI=1S/C10H17NO/c1-5-8(4)10(12)11-9(6-2)7-3/h5,9H,1,4,6-7H2,2-3H3,(H,11,12). The first-order valence-corrected chi connectivity index (χ1v) is 4.27. The molecule has 0 aromatic heterocycles. The molecule has 12 heavy (non-hydrogen) atoms. The molecular weight excluding hydrogens is 150 g/mol. The Morgan fingerprint density at radius 2 is 2.00 bits per heavy atom. The number of nitrogens with one attached hydrogen (secondary N) is 1. The van der Waals surface area contributed by atoms with Crippen molar-refractivity contribution in [3.05, 3.63) is 24.8 Å². The maximum absolute atomic E-state index is 11.2. The van der Waals surface area contributed by atoms with E-state index >= 15 is 0 Å². The highest BCUT2D eigenvalue weighted by molar-refractivity contribution is 5.95. The highest BCUT2D eigenvalue weighted by Gasteiger charge is 2.08. The van der Waals surface area contributed by atoms with Gasteiger partial charge in [0.2, 0.25) is 0 Å². The quantitative estimate of drug-likeness (QED) is 0.492. The van der Waals surface area contributed by atoms with Crippen LogP contribution in [0.4, 0.5) is 0 Å². The largest absolute Gasteiger partial charge is 0.349 e. The Kier molecular flexibility index (Phi) is 5.09. The Bertz CT molecular complexity index is 180. The molecule has 2 nitrogen and oxygen atoms in total. The summed E-state index contributed by atoms with van der Waals surface area (Å²) in [4.78, 5) is 11.2. The van der Waals surface area contributed by atoms with Crippen molar-refractivity contribution >= 4 is 5.91 Å². The fourth-order valence-corrected chi connectivity index (χ4v) is 0.864. The van der Waals surface area contributed by atoms with Crippen LogP contribution in [0.3, 0.4) is 0 Å². The van der Waals surface area contributed by atoms with Crippen LogP contribution in [0.5, 0.6) is 0 Å². The van der Waals surface area contributed by atoms with E-state index in [1.807, 2.05) is 13.8 Å². The molecule has 0 atom stereocenters. The van der Waals surface area contributed by atoms with Crippen molar-refractivity contribution in [2.45, 2.75) is 32.7 Å². The second-order valence-corrected chi connectivity index (χ2v) is 2.72. The molecule has 0 radical (unpaired) electrons. The zero-order chi connectivity index (χ0) is 9.56. The molecule has 0 spiro atoms. The molecule has 0 bridgehead atoms. The molecule has 0 unspecified atom stereocenters. The highest BCUT2D eigenvalue weighted by Crippen LogP contribution is 1.98. The molecule has 0 heterocycles. The Morgan fingerprint density at radius 3 is 2.33 bits per heavy atom. The second-order valence-electron chi connectivity index (χ2n) is 2.72. The van der Waals surface area contributed by atoms with Gasteiger partial charge < -0.3 is 5.32 Å². The molecule has 0 rings (SSSR count). The molecule has 0 aliphatic heterocycles. The minimum atomic E-state index is -0.112. The molecular formula is C10H17NO. The minimum absolute atomic E-state index is 0.112. The van der Waals surface area contributed by atoms with Crippen LogP contribution in [0, 0.1) is 0 Å². The molecule has 68 valence electrons. The van der Waals surface area contributed by atoms with E-state index in [1.165, 1.54) is 6.08 Å². The van der Waals surface area contributed by atoms with Crippen molar-refractivity contribution in [1.29, 1.82) is 0 Å². The average Bonchev–Trinajstić information content (AvgIpc) is 2.12. The van der Waals surface area contributed by atoms with Gasteiger partial charge in [0.25, 0.3) is 5.91 Å². The molecule has 0 aromatic rings. The van der Waals surface area contributed by atoms with Crippen molar-refractivity contribution in [3.63, 3.8) is 0 Å². The van der Waals surface area contributed by atoms with E-state index < -0.39 is 0 Å². The van der Waals surface area contributed by atoms with Crippen molar-refractivity contribution in [2.24, 2.45) is 0 Å². The second kappa shape index (κ2) is 5.58. The van der Waals surface area contributed by atoms with Crippen molar-refractivity contribution < 1.29 is 4.79 Å². The summed E-state index contributed by atoms with van der Waals surface area (Å²) in [6.07, 6.45) is 3.37. The summed E-state index contributed by atoms with van der Waals surface area (Å²) in [5.74, 6) is -0.112. The van der Waals surface area contributed by atoms with Gasteiger partial charge in [0.05, 0.1) is 0 Å². The first-order valence-electron chi connectivity index (χ1n) is 4.27. The van der Waals surface area contributed by atoms with Gasteiger partial charge in [-0.1, -0.05) is 33.1 Å². The Hall–Kier alpha value is -1.05. The number of amides is 1. The Balaban J connectivity index is 3.97. The predicted octanol–water partition coefficient (Wildman–Crippen LogP) is 2.03. The number of hydrogen-bond acceptors (Lipinski definition) is 1. The molecule has 0 aliphatic carbocycles. The van der Waals surface area contributed by atoms with Crippen LogP contribution < -0.4 is 5.32 Å². The van der Waals surface area contributed by atoms with Gasteiger partial charge in [-0.3, -0.25) is 4.79 Å². The van der Waals surface area contributed by atoms with Gasteiger partial charge in [0.15, 0.2) is 0 Å². The molecule has 0 aliphatic rings. The topological polar surface area (TPSA) is 29.1 Å². The SMILES string of the molecule is C=CC(=C)C(=O)NC(CC)CC. The molecule has 2 heteroatoms. The summed E-state index contributed by atoms with van der Waals surface area (Å²) < 4.78 is 0. The Morgan fingerprint density at radius 1 is 1.50 bits per heavy atom. The summed E-state index contributed by atoms with van der Waals surface area (Å²) in [5.41, 5.74) is 0.432. The third-order valence-electron chi connectivity index (χ3n) is 1.86. The van der Waals surface area contributed by atoms with E-state index in [0.29, 0.717) is 5.57 Å². The van der Waals surface area contributed by atoms with Gasteiger partial charge in [-0.25, -0.2) is 0 Å². The van der Waals surface area contributed by atoms with Crippen LogP contribution in [0.25, 0.3) is 0 Å². The van der Waals surface area contributed by atoms with E-state index in [9.17, 15) is 4.79 Å². The van der Waals surface area contributed by atoms with Crippen LogP contribution in [0.2, 0.25) is 0 Å². The van der Waals surface area contributed by atoms with E-state index in [2.05, 4.69) is 18.5 Å². The van der Waals surface area contributed by atoms with E-state index in [-0.39, 0.29) is 11.9 Å². The van der Waals surface area contributed by atoms with Crippen LogP contribution in [0.1, 0.15) is 26.7 Å². The maximum Gasteiger partial charge on any atom is 0.250 e. The van der Waals surface area contributed by atoms with Gasteiger partial charge in [0.1, 0.15) is 0 Å². The van der Waals surface area contributed by atoms with Gasteiger partial charge >= 0.3 is 0 Å². The first kappa shape index (κ1) is 11.0. The monoisotopic (exact) mass is 167 g/mol. The van der Waals surface area contributed by atoms with Crippen molar-refractivity contribution in [3.8, 4) is 0 Å². The molecule has 1 amide bonds. The molecule has 0 fully saturated rings. The molecule has 0 saturated carbocycles. The number of carbonyl (C=O) groups is 1. The molecule has 1 N–H and O–H groups in total. The third kappa shape index (κ3) is 3.37. The van der Waals surface area contributed by atoms with Gasteiger partial charge in [-0.05, 0) is 12.8 Å². The highest BCUT2D eigenvalue weighted by atomic mass is 16.1. The molecule has 0 saturated heterocycles. The van der Waals surface area contributed by atoms with Crippen molar-refractivity contribution in [2.75, 3.05) is 0 Å². The van der Waals surface area contributed by atoms with Crippen LogP contribution in [-0.4, -0.2) is 11.9 Å². The molecule has 0 aromatic carbocycles. The normalized spacial score (nSPS) is 9.58. The fraction of sp³-hybridized carbons (Fsp3) is 0.500. The third-order valence-corrected chi connectivity index (χ3v) is 1.86. The fourth-order valence-electron chi connectivity index (χ4n) is 0.864. The predicted molar refractivity (Wildman–Crippen MR) is 51.8 cm³/mol. The smallest absolute Gasteiger partial charge is 0.250 e. The van der Waals surface area contributed by atoms with Crippen LogP contribution in [-0.2, 0) is 4.79 Å². The summed E-state index contributed by atoms with van der Waals surface area (Å²) in [7, 11) is 0. The lowest BCUT2D eigenvalue weighted by atomic mass is 10.1. The summed E-state index contributed by atoms with van der Waals surface area (Å²) in [5, 5.41) is 2.86. The van der Waals surface area contributed by atoms with Gasteiger partial charge in [-0.15, -0.1) is 0 Å². The number of rotatable bonds is 5. The lowest BCUT2D eigenvalue weighted by Gasteiger charge is -2.14. The average molecular weight is 167 g/mol. The number of hydrogen-bond donors (Lipinski definition) is 1. The summed E-state index contributed by atoms with van der Waals surface area (Å²) in [6.45, 7) is 11.1. The van der Waals surface area contributed by atoms with Crippen molar-refractivity contribution in [1.82, 2.24) is 5.32 Å². The minimum Gasteiger partial charge on any atom is -0.349 e. The maximum atomic E-state index is 11.2. The van der Waals surface area contributed by atoms with E-state index in [0.717, 1.165) is 12.8 Å². The lowest BCUT2D eigenvalue weighted by Crippen LogP contribution is -2.34. The zero-order valence-corrected chi connectivity index (χ0v) is 7.89.